The third kappa shape index (κ3) is 2.19. The summed E-state index contributed by atoms with van der Waals surface area (Å²) >= 11 is 0. The predicted molar refractivity (Wildman–Crippen MR) is 84.8 cm³/mol. The summed E-state index contributed by atoms with van der Waals surface area (Å²) in [5.74, 6) is 2.01. The van der Waals surface area contributed by atoms with Crippen LogP contribution in [0.1, 0.15) is 57.8 Å². The Labute approximate surface area is 121 Å². The van der Waals surface area contributed by atoms with Crippen LogP contribution in [-0.2, 0) is 6.42 Å². The number of benzene rings is 1. The first-order chi connectivity index (χ1) is 9.74. The highest BCUT2D eigenvalue weighted by Crippen LogP contribution is 2.38. The summed E-state index contributed by atoms with van der Waals surface area (Å²) in [6.07, 6.45) is 7.64. The van der Waals surface area contributed by atoms with Crippen molar-refractivity contribution in [1.29, 1.82) is 0 Å². The lowest BCUT2D eigenvalue weighted by Gasteiger charge is -2.33. The zero-order valence-electron chi connectivity index (χ0n) is 12.6. The average molecular weight is 271 g/mol. The number of aryl methyl sites for hydroxylation is 1. The molecule has 0 bridgehead atoms. The average Bonchev–Trinajstić information content (AvgIpc) is 2.84. The first kappa shape index (κ1) is 13.5. The molecule has 3 heteroatoms. The third-order valence-electron chi connectivity index (χ3n) is 4.83. The highest BCUT2D eigenvalue weighted by molar-refractivity contribution is 5.79. The van der Waals surface area contributed by atoms with Crippen molar-refractivity contribution in [2.75, 3.05) is 5.73 Å². The van der Waals surface area contributed by atoms with Crippen LogP contribution < -0.4 is 5.73 Å². The molecule has 2 atom stereocenters. The second-order valence-corrected chi connectivity index (χ2v) is 6.02. The first-order valence-corrected chi connectivity index (χ1v) is 8.01. The molecule has 0 saturated heterocycles. The van der Waals surface area contributed by atoms with Gasteiger partial charge in [0.2, 0.25) is 0 Å². The van der Waals surface area contributed by atoms with E-state index in [4.69, 9.17) is 10.7 Å². The van der Waals surface area contributed by atoms with Gasteiger partial charge in [0.15, 0.2) is 0 Å². The van der Waals surface area contributed by atoms with E-state index in [2.05, 4.69) is 24.5 Å². The number of rotatable bonds is 3. The Hall–Kier alpha value is -1.51. The molecule has 2 N–H and O–H groups in total. The van der Waals surface area contributed by atoms with Gasteiger partial charge in [-0.1, -0.05) is 33.1 Å². The molecule has 108 valence electrons. The van der Waals surface area contributed by atoms with Crippen molar-refractivity contribution in [3.05, 3.63) is 24.0 Å². The zero-order chi connectivity index (χ0) is 14.1. The standard InChI is InChI=1S/C17H25N3/c1-3-12-7-5-6-8-15(12)20-16-10-9-13(18)11-14(16)19-17(20)4-2/h9-12,15H,3-8,18H2,1-2H3. The number of aromatic nitrogens is 2. The minimum atomic E-state index is 0.623. The van der Waals surface area contributed by atoms with Gasteiger partial charge in [0.25, 0.3) is 0 Å². The van der Waals surface area contributed by atoms with Crippen LogP contribution in [0.2, 0.25) is 0 Å². The van der Waals surface area contributed by atoms with Crippen molar-refractivity contribution in [3.8, 4) is 0 Å². The molecule has 20 heavy (non-hydrogen) atoms. The van der Waals surface area contributed by atoms with Crippen LogP contribution >= 0.6 is 0 Å². The zero-order valence-corrected chi connectivity index (χ0v) is 12.6. The molecule has 1 aromatic heterocycles. The Bertz CT molecular complexity index is 600. The first-order valence-electron chi connectivity index (χ1n) is 8.01. The molecular formula is C17H25N3. The molecule has 1 heterocycles. The van der Waals surface area contributed by atoms with Gasteiger partial charge < -0.3 is 10.3 Å². The van der Waals surface area contributed by atoms with E-state index in [1.807, 2.05) is 12.1 Å². The Morgan fingerprint density at radius 2 is 2.05 bits per heavy atom. The molecule has 0 radical (unpaired) electrons. The monoisotopic (exact) mass is 271 g/mol. The summed E-state index contributed by atoms with van der Waals surface area (Å²) in [5.41, 5.74) is 9.04. The number of nitrogens with two attached hydrogens (primary N) is 1. The highest BCUT2D eigenvalue weighted by atomic mass is 15.1. The molecule has 2 unspecified atom stereocenters. The van der Waals surface area contributed by atoms with Gasteiger partial charge in [0, 0.05) is 18.2 Å². The van der Waals surface area contributed by atoms with Gasteiger partial charge in [-0.25, -0.2) is 4.98 Å². The molecule has 1 aromatic carbocycles. The maximum absolute atomic E-state index is 5.91. The quantitative estimate of drug-likeness (QED) is 0.845. The fourth-order valence-corrected chi connectivity index (χ4v) is 3.79. The SMILES string of the molecule is CCc1nc2cc(N)ccc2n1C1CCCCC1CC. The molecule has 3 nitrogen and oxygen atoms in total. The normalized spacial score (nSPS) is 23.3. The number of hydrogen-bond acceptors (Lipinski definition) is 2. The maximum atomic E-state index is 5.91. The smallest absolute Gasteiger partial charge is 0.109 e. The van der Waals surface area contributed by atoms with Crippen molar-refractivity contribution >= 4 is 16.7 Å². The van der Waals surface area contributed by atoms with Crippen molar-refractivity contribution < 1.29 is 0 Å². The molecule has 1 aliphatic carbocycles. The summed E-state index contributed by atoms with van der Waals surface area (Å²) in [6.45, 7) is 4.52. The van der Waals surface area contributed by atoms with Gasteiger partial charge in [-0.3, -0.25) is 0 Å². The van der Waals surface area contributed by atoms with Crippen LogP contribution in [-0.4, -0.2) is 9.55 Å². The van der Waals surface area contributed by atoms with Gasteiger partial charge in [-0.2, -0.15) is 0 Å². The van der Waals surface area contributed by atoms with E-state index in [0.29, 0.717) is 6.04 Å². The van der Waals surface area contributed by atoms with Crippen LogP contribution in [0.25, 0.3) is 11.0 Å². The molecule has 0 amide bonds. The van der Waals surface area contributed by atoms with E-state index in [9.17, 15) is 0 Å². The number of nitrogen functional groups attached to an aromatic ring is 1. The number of hydrogen-bond donors (Lipinski definition) is 1. The van der Waals surface area contributed by atoms with Crippen molar-refractivity contribution in [2.24, 2.45) is 5.92 Å². The van der Waals surface area contributed by atoms with Crippen molar-refractivity contribution in [1.82, 2.24) is 9.55 Å². The van der Waals surface area contributed by atoms with Crippen LogP contribution in [0, 0.1) is 5.92 Å². The molecule has 1 saturated carbocycles. The van der Waals surface area contributed by atoms with Gasteiger partial charge in [-0.05, 0) is 37.0 Å². The van der Waals surface area contributed by atoms with E-state index in [1.165, 1.54) is 43.4 Å². The van der Waals surface area contributed by atoms with Gasteiger partial charge in [-0.15, -0.1) is 0 Å². The van der Waals surface area contributed by atoms with E-state index in [1.54, 1.807) is 0 Å². The number of fused-ring (bicyclic) bond motifs is 1. The van der Waals surface area contributed by atoms with E-state index < -0.39 is 0 Å². The fraction of sp³-hybridized carbons (Fsp3) is 0.588. The largest absolute Gasteiger partial charge is 0.399 e. The summed E-state index contributed by atoms with van der Waals surface area (Å²) in [4.78, 5) is 4.82. The summed E-state index contributed by atoms with van der Waals surface area (Å²) in [5, 5.41) is 0. The van der Waals surface area contributed by atoms with Crippen LogP contribution in [0.5, 0.6) is 0 Å². The van der Waals surface area contributed by atoms with Crippen molar-refractivity contribution in [3.63, 3.8) is 0 Å². The van der Waals surface area contributed by atoms with Gasteiger partial charge >= 0.3 is 0 Å². The Kier molecular flexibility index (Phi) is 3.68. The molecule has 0 aliphatic heterocycles. The van der Waals surface area contributed by atoms with Crippen LogP contribution in [0.3, 0.4) is 0 Å². The molecule has 3 rings (SSSR count). The lowest BCUT2D eigenvalue weighted by atomic mass is 9.82. The number of nitrogens with zero attached hydrogens (tertiary/aromatic N) is 2. The van der Waals surface area contributed by atoms with E-state index in [0.717, 1.165) is 23.5 Å². The molecule has 0 spiro atoms. The van der Waals surface area contributed by atoms with Gasteiger partial charge in [0.05, 0.1) is 11.0 Å². The number of anilines is 1. The lowest BCUT2D eigenvalue weighted by Crippen LogP contribution is -2.24. The fourth-order valence-electron chi connectivity index (χ4n) is 3.79. The molecule has 1 aliphatic rings. The topological polar surface area (TPSA) is 43.8 Å². The maximum Gasteiger partial charge on any atom is 0.109 e. The number of imidazole rings is 1. The summed E-state index contributed by atoms with van der Waals surface area (Å²) in [7, 11) is 0. The summed E-state index contributed by atoms with van der Waals surface area (Å²) in [6, 6.07) is 6.79. The van der Waals surface area contributed by atoms with E-state index >= 15 is 0 Å². The second kappa shape index (κ2) is 5.47. The van der Waals surface area contributed by atoms with Crippen molar-refractivity contribution in [2.45, 2.75) is 58.4 Å². The Balaban J connectivity index is 2.13. The Morgan fingerprint density at radius 3 is 2.80 bits per heavy atom. The third-order valence-corrected chi connectivity index (χ3v) is 4.83. The summed E-state index contributed by atoms with van der Waals surface area (Å²) < 4.78 is 2.52. The minimum Gasteiger partial charge on any atom is -0.399 e. The highest BCUT2D eigenvalue weighted by Gasteiger charge is 2.28. The van der Waals surface area contributed by atoms with E-state index in [-0.39, 0.29) is 0 Å². The lowest BCUT2D eigenvalue weighted by molar-refractivity contribution is 0.233. The van der Waals surface area contributed by atoms with Crippen LogP contribution in [0.15, 0.2) is 18.2 Å². The van der Waals surface area contributed by atoms with Crippen LogP contribution in [0.4, 0.5) is 5.69 Å². The molecule has 2 aromatic rings. The Morgan fingerprint density at radius 1 is 1.25 bits per heavy atom. The molecule has 1 fully saturated rings. The minimum absolute atomic E-state index is 0.623. The second-order valence-electron chi connectivity index (χ2n) is 6.02. The predicted octanol–water partition coefficient (Wildman–Crippen LogP) is 4.32. The van der Waals surface area contributed by atoms with Gasteiger partial charge in [0.1, 0.15) is 5.82 Å². The molecular weight excluding hydrogens is 246 g/mol.